The van der Waals surface area contributed by atoms with Gasteiger partial charge in [-0.05, 0) is 56.3 Å². The zero-order chi connectivity index (χ0) is 19.1. The second kappa shape index (κ2) is 9.20. The van der Waals surface area contributed by atoms with Crippen LogP contribution in [0.2, 0.25) is 5.02 Å². The standard InChI is InChI=1S/C19H21ClFN3O2/c1-3-24(4-2)19(26)13-5-7-14(8-6-13)23-18(25)12-22-15-9-10-17(21)16(20)11-15/h5-11,22H,3-4,12H2,1-2H3,(H,23,25). The Morgan fingerprint density at radius 1 is 1.04 bits per heavy atom. The molecule has 2 aromatic rings. The molecule has 138 valence electrons. The highest BCUT2D eigenvalue weighted by molar-refractivity contribution is 6.31. The van der Waals surface area contributed by atoms with Crippen LogP contribution in [0.15, 0.2) is 42.5 Å². The lowest BCUT2D eigenvalue weighted by Gasteiger charge is -2.18. The summed E-state index contributed by atoms with van der Waals surface area (Å²) >= 11 is 5.70. The average Bonchev–Trinajstić information content (AvgIpc) is 2.64. The summed E-state index contributed by atoms with van der Waals surface area (Å²) in [7, 11) is 0. The molecule has 0 saturated carbocycles. The molecule has 0 fully saturated rings. The Labute approximate surface area is 157 Å². The lowest BCUT2D eigenvalue weighted by molar-refractivity contribution is -0.114. The quantitative estimate of drug-likeness (QED) is 0.766. The van der Waals surface area contributed by atoms with Crippen LogP contribution in [0.5, 0.6) is 0 Å². The van der Waals surface area contributed by atoms with Crippen LogP contribution in [0.1, 0.15) is 24.2 Å². The van der Waals surface area contributed by atoms with Crippen molar-refractivity contribution in [2.24, 2.45) is 0 Å². The maximum absolute atomic E-state index is 13.1. The molecule has 2 rings (SSSR count). The van der Waals surface area contributed by atoms with Crippen molar-refractivity contribution in [3.05, 3.63) is 58.9 Å². The lowest BCUT2D eigenvalue weighted by Crippen LogP contribution is -2.30. The third-order valence-electron chi connectivity index (χ3n) is 3.84. The molecule has 0 aliphatic rings. The summed E-state index contributed by atoms with van der Waals surface area (Å²) in [6.45, 7) is 5.15. The minimum Gasteiger partial charge on any atom is -0.376 e. The zero-order valence-corrected chi connectivity index (χ0v) is 15.4. The first-order valence-electron chi connectivity index (χ1n) is 8.32. The predicted molar refractivity (Wildman–Crippen MR) is 102 cm³/mol. The molecule has 0 radical (unpaired) electrons. The third-order valence-corrected chi connectivity index (χ3v) is 4.13. The van der Waals surface area contributed by atoms with Gasteiger partial charge in [-0.25, -0.2) is 4.39 Å². The molecule has 0 aliphatic heterocycles. The maximum Gasteiger partial charge on any atom is 0.253 e. The van der Waals surface area contributed by atoms with Crippen LogP contribution in [0.3, 0.4) is 0 Å². The van der Waals surface area contributed by atoms with Crippen molar-refractivity contribution in [2.45, 2.75) is 13.8 Å². The normalized spacial score (nSPS) is 10.3. The SMILES string of the molecule is CCN(CC)C(=O)c1ccc(NC(=O)CNc2ccc(F)c(Cl)c2)cc1. The predicted octanol–water partition coefficient (Wildman–Crippen LogP) is 4.01. The Bertz CT molecular complexity index is 777. The number of amides is 2. The average molecular weight is 378 g/mol. The number of halogens is 2. The van der Waals surface area contributed by atoms with Crippen LogP contribution in [0.4, 0.5) is 15.8 Å². The molecule has 2 aromatic carbocycles. The molecule has 2 amide bonds. The van der Waals surface area contributed by atoms with Gasteiger partial charge in [0.25, 0.3) is 5.91 Å². The van der Waals surface area contributed by atoms with E-state index in [4.69, 9.17) is 11.6 Å². The van der Waals surface area contributed by atoms with Crippen LogP contribution < -0.4 is 10.6 Å². The van der Waals surface area contributed by atoms with Crippen LogP contribution in [0, 0.1) is 5.82 Å². The van der Waals surface area contributed by atoms with E-state index >= 15 is 0 Å². The summed E-state index contributed by atoms with van der Waals surface area (Å²) in [5.41, 5.74) is 1.71. The molecule has 26 heavy (non-hydrogen) atoms. The first-order chi connectivity index (χ1) is 12.4. The van der Waals surface area contributed by atoms with Gasteiger partial charge in [0.1, 0.15) is 5.82 Å². The number of benzene rings is 2. The molecule has 0 heterocycles. The summed E-state index contributed by atoms with van der Waals surface area (Å²) in [5, 5.41) is 5.59. The molecule has 0 unspecified atom stereocenters. The van der Waals surface area contributed by atoms with Crippen LogP contribution >= 0.6 is 11.6 Å². The Kier molecular flexibility index (Phi) is 6.97. The summed E-state index contributed by atoms with van der Waals surface area (Å²) in [6.07, 6.45) is 0. The fraction of sp³-hybridized carbons (Fsp3) is 0.263. The molecule has 0 bridgehead atoms. The fourth-order valence-electron chi connectivity index (χ4n) is 2.38. The van der Waals surface area contributed by atoms with Gasteiger partial charge in [-0.1, -0.05) is 11.6 Å². The highest BCUT2D eigenvalue weighted by Gasteiger charge is 2.12. The summed E-state index contributed by atoms with van der Waals surface area (Å²) in [5.74, 6) is -0.822. The monoisotopic (exact) mass is 377 g/mol. The van der Waals surface area contributed by atoms with E-state index < -0.39 is 5.82 Å². The van der Waals surface area contributed by atoms with Crippen molar-refractivity contribution in [3.63, 3.8) is 0 Å². The highest BCUT2D eigenvalue weighted by atomic mass is 35.5. The molecule has 0 aromatic heterocycles. The topological polar surface area (TPSA) is 61.4 Å². The fourth-order valence-corrected chi connectivity index (χ4v) is 2.56. The molecule has 2 N–H and O–H groups in total. The van der Waals surface area contributed by atoms with E-state index in [9.17, 15) is 14.0 Å². The number of hydrogen-bond acceptors (Lipinski definition) is 3. The van der Waals surface area contributed by atoms with E-state index in [-0.39, 0.29) is 23.4 Å². The Hall–Kier alpha value is -2.60. The molecule has 0 spiro atoms. The van der Waals surface area contributed by atoms with E-state index in [1.54, 1.807) is 29.2 Å². The van der Waals surface area contributed by atoms with Gasteiger partial charge >= 0.3 is 0 Å². The largest absolute Gasteiger partial charge is 0.376 e. The second-order valence-corrected chi connectivity index (χ2v) is 5.99. The molecular weight excluding hydrogens is 357 g/mol. The Balaban J connectivity index is 1.90. The number of anilines is 2. The number of rotatable bonds is 7. The van der Waals surface area contributed by atoms with Crippen molar-refractivity contribution in [2.75, 3.05) is 30.3 Å². The van der Waals surface area contributed by atoms with E-state index in [0.29, 0.717) is 30.0 Å². The molecule has 0 aliphatic carbocycles. The van der Waals surface area contributed by atoms with Gasteiger partial charge in [0.15, 0.2) is 0 Å². The Morgan fingerprint density at radius 3 is 2.23 bits per heavy atom. The van der Waals surface area contributed by atoms with E-state index in [2.05, 4.69) is 10.6 Å². The van der Waals surface area contributed by atoms with Crippen molar-refractivity contribution in [3.8, 4) is 0 Å². The molecule has 5 nitrogen and oxygen atoms in total. The summed E-state index contributed by atoms with van der Waals surface area (Å²) in [6, 6.07) is 10.9. The number of hydrogen-bond donors (Lipinski definition) is 2. The first kappa shape index (κ1) is 19.7. The lowest BCUT2D eigenvalue weighted by atomic mass is 10.1. The Morgan fingerprint density at radius 2 is 1.65 bits per heavy atom. The smallest absolute Gasteiger partial charge is 0.253 e. The van der Waals surface area contributed by atoms with Gasteiger partial charge in [0.2, 0.25) is 5.91 Å². The van der Waals surface area contributed by atoms with Crippen molar-refractivity contribution in [1.82, 2.24) is 4.90 Å². The zero-order valence-electron chi connectivity index (χ0n) is 14.7. The van der Waals surface area contributed by atoms with Gasteiger partial charge in [-0.15, -0.1) is 0 Å². The van der Waals surface area contributed by atoms with Crippen LogP contribution in [0.25, 0.3) is 0 Å². The molecule has 0 saturated heterocycles. The minimum atomic E-state index is -0.513. The van der Waals surface area contributed by atoms with Gasteiger partial charge < -0.3 is 15.5 Å². The van der Waals surface area contributed by atoms with Crippen molar-refractivity contribution < 1.29 is 14.0 Å². The van der Waals surface area contributed by atoms with Crippen molar-refractivity contribution in [1.29, 1.82) is 0 Å². The summed E-state index contributed by atoms with van der Waals surface area (Å²) in [4.78, 5) is 26.0. The van der Waals surface area contributed by atoms with E-state index in [0.717, 1.165) is 0 Å². The van der Waals surface area contributed by atoms with Crippen molar-refractivity contribution >= 4 is 34.8 Å². The van der Waals surface area contributed by atoms with E-state index in [1.165, 1.54) is 18.2 Å². The third kappa shape index (κ3) is 5.20. The van der Waals surface area contributed by atoms with Crippen LogP contribution in [-0.4, -0.2) is 36.3 Å². The second-order valence-electron chi connectivity index (χ2n) is 5.59. The molecular formula is C19H21ClFN3O2. The summed E-state index contributed by atoms with van der Waals surface area (Å²) < 4.78 is 13.1. The van der Waals surface area contributed by atoms with Gasteiger partial charge in [0.05, 0.1) is 11.6 Å². The number of carbonyl (C=O) groups is 2. The van der Waals surface area contributed by atoms with E-state index in [1.807, 2.05) is 13.8 Å². The number of nitrogens with zero attached hydrogens (tertiary/aromatic N) is 1. The highest BCUT2D eigenvalue weighted by Crippen LogP contribution is 2.19. The first-order valence-corrected chi connectivity index (χ1v) is 8.70. The van der Waals surface area contributed by atoms with Gasteiger partial charge in [0, 0.05) is 30.0 Å². The van der Waals surface area contributed by atoms with Gasteiger partial charge in [-0.3, -0.25) is 9.59 Å². The molecule has 7 heteroatoms. The minimum absolute atomic E-state index is 0.00207. The van der Waals surface area contributed by atoms with Crippen LogP contribution in [-0.2, 0) is 4.79 Å². The molecule has 0 atom stereocenters. The number of nitrogens with one attached hydrogen (secondary N) is 2. The number of carbonyl (C=O) groups excluding carboxylic acids is 2. The van der Waals surface area contributed by atoms with Gasteiger partial charge in [-0.2, -0.15) is 0 Å². The maximum atomic E-state index is 13.1.